The van der Waals surface area contributed by atoms with Crippen LogP contribution < -0.4 is 5.32 Å². The molecule has 0 heterocycles. The van der Waals surface area contributed by atoms with Crippen LogP contribution in [0.3, 0.4) is 0 Å². The van der Waals surface area contributed by atoms with E-state index < -0.39 is 40.0 Å². The van der Waals surface area contributed by atoms with E-state index in [1.807, 2.05) is 0 Å². The molecule has 0 fully saturated rings. The van der Waals surface area contributed by atoms with Gasteiger partial charge in [-0.1, -0.05) is 186 Å². The maximum absolute atomic E-state index is 12.5. The number of hydrogen-bond acceptors (Lipinski definition) is 5. The van der Waals surface area contributed by atoms with E-state index in [0.717, 1.165) is 51.4 Å². The summed E-state index contributed by atoms with van der Waals surface area (Å²) in [4.78, 5) is 12.5. The molecule has 7 nitrogen and oxygen atoms in total. The number of carbonyl (C=O) groups excluding carboxylic acids is 1. The van der Waals surface area contributed by atoms with Crippen molar-refractivity contribution in [1.29, 1.82) is 0 Å². The van der Waals surface area contributed by atoms with Crippen LogP contribution in [0, 0.1) is 0 Å². The molecule has 3 unspecified atom stereocenters. The maximum Gasteiger partial charge on any atom is 0.267 e. The van der Waals surface area contributed by atoms with Crippen molar-refractivity contribution in [2.45, 2.75) is 218 Å². The van der Waals surface area contributed by atoms with Gasteiger partial charge in [0.1, 0.15) is 6.10 Å². The SMILES string of the molecule is CCCC/C=C\CCCCCCC(O)C(=O)NC(CS(=O)(=O)O)C(O)/C=C/CCCCCCCCCCCCCCCCCCCCC. The standard InChI is InChI=1S/C40H77NO6S/c1-3-5-7-9-11-13-15-16-17-18-19-20-21-22-23-24-25-27-28-30-32-34-38(42)37(36-48(45,46)47)41-40(44)39(43)35-33-31-29-26-14-12-10-8-6-4-2/h10,12,32,34,37-39,42-43H,3-9,11,13-31,33,35-36H2,1-2H3,(H,41,44)(H,45,46,47)/b12-10-,34-32+. The maximum atomic E-state index is 12.5. The summed E-state index contributed by atoms with van der Waals surface area (Å²) in [7, 11) is -4.44. The molecule has 48 heavy (non-hydrogen) atoms. The van der Waals surface area contributed by atoms with Crippen molar-refractivity contribution in [2.75, 3.05) is 5.75 Å². The Kier molecular flexibility index (Phi) is 33.4. The lowest BCUT2D eigenvalue weighted by atomic mass is 10.0. The summed E-state index contributed by atoms with van der Waals surface area (Å²) in [5.41, 5.74) is 0. The molecule has 0 rings (SSSR count). The van der Waals surface area contributed by atoms with E-state index in [2.05, 4.69) is 31.3 Å². The van der Waals surface area contributed by atoms with Crippen molar-refractivity contribution in [3.8, 4) is 0 Å². The quantitative estimate of drug-likeness (QED) is 0.0293. The zero-order chi connectivity index (χ0) is 35.6. The first kappa shape index (κ1) is 46.8. The van der Waals surface area contributed by atoms with Gasteiger partial charge in [-0.2, -0.15) is 8.42 Å². The first-order valence-electron chi connectivity index (χ1n) is 20.1. The Bertz CT molecular complexity index is 875. The number of carbonyl (C=O) groups is 1. The predicted octanol–water partition coefficient (Wildman–Crippen LogP) is 10.5. The average molecular weight is 700 g/mol. The van der Waals surface area contributed by atoms with Crippen LogP contribution in [0.5, 0.6) is 0 Å². The van der Waals surface area contributed by atoms with Gasteiger partial charge in [-0.25, -0.2) is 0 Å². The first-order valence-corrected chi connectivity index (χ1v) is 21.8. The number of nitrogens with one attached hydrogen (secondary N) is 1. The third-order valence-electron chi connectivity index (χ3n) is 9.23. The number of unbranched alkanes of at least 4 members (excludes halogenated alkanes) is 25. The number of aliphatic hydroxyl groups is 2. The number of allylic oxidation sites excluding steroid dienone is 3. The van der Waals surface area contributed by atoms with Crippen molar-refractivity contribution in [3.63, 3.8) is 0 Å². The minimum atomic E-state index is -4.44. The molecule has 0 aliphatic heterocycles. The van der Waals surface area contributed by atoms with Crippen LogP contribution in [-0.2, 0) is 14.9 Å². The highest BCUT2D eigenvalue weighted by molar-refractivity contribution is 7.85. The zero-order valence-electron chi connectivity index (χ0n) is 31.2. The second kappa shape index (κ2) is 34.2. The van der Waals surface area contributed by atoms with Crippen molar-refractivity contribution in [3.05, 3.63) is 24.3 Å². The number of amides is 1. The number of hydrogen-bond donors (Lipinski definition) is 4. The highest BCUT2D eigenvalue weighted by atomic mass is 32.2. The van der Waals surface area contributed by atoms with Gasteiger partial charge in [0, 0.05) is 0 Å². The van der Waals surface area contributed by atoms with Gasteiger partial charge in [-0.15, -0.1) is 0 Å². The molecule has 0 aliphatic rings. The fourth-order valence-corrected chi connectivity index (χ4v) is 6.82. The monoisotopic (exact) mass is 700 g/mol. The van der Waals surface area contributed by atoms with Crippen LogP contribution in [-0.4, -0.2) is 53.1 Å². The summed E-state index contributed by atoms with van der Waals surface area (Å²) in [6.45, 7) is 4.45. The van der Waals surface area contributed by atoms with Crippen molar-refractivity contribution >= 4 is 16.0 Å². The third-order valence-corrected chi connectivity index (χ3v) is 10.0. The highest BCUT2D eigenvalue weighted by Gasteiger charge is 2.27. The summed E-state index contributed by atoms with van der Waals surface area (Å²) in [6, 6.07) is -1.23. The molecular formula is C40H77NO6S. The lowest BCUT2D eigenvalue weighted by Gasteiger charge is -2.22. The van der Waals surface area contributed by atoms with Gasteiger partial charge in [0.2, 0.25) is 5.91 Å². The Morgan fingerprint density at radius 2 is 0.938 bits per heavy atom. The Morgan fingerprint density at radius 1 is 0.562 bits per heavy atom. The van der Waals surface area contributed by atoms with Gasteiger partial charge in [0.25, 0.3) is 10.1 Å². The van der Waals surface area contributed by atoms with E-state index in [1.165, 1.54) is 128 Å². The minimum Gasteiger partial charge on any atom is -0.387 e. The summed E-state index contributed by atoms with van der Waals surface area (Å²) in [5.74, 6) is -1.55. The summed E-state index contributed by atoms with van der Waals surface area (Å²) in [6.07, 6.45) is 39.6. The van der Waals surface area contributed by atoms with Gasteiger partial charge in [-0.05, 0) is 38.5 Å². The summed E-state index contributed by atoms with van der Waals surface area (Å²) < 4.78 is 32.4. The molecule has 8 heteroatoms. The molecule has 3 atom stereocenters. The third kappa shape index (κ3) is 33.3. The smallest absolute Gasteiger partial charge is 0.267 e. The van der Waals surface area contributed by atoms with Gasteiger partial charge in [0.05, 0.1) is 17.9 Å². The average Bonchev–Trinajstić information content (AvgIpc) is 3.05. The van der Waals surface area contributed by atoms with Crippen LogP contribution in [0.4, 0.5) is 0 Å². The molecular weight excluding hydrogens is 623 g/mol. The molecule has 284 valence electrons. The van der Waals surface area contributed by atoms with Crippen LogP contribution in [0.25, 0.3) is 0 Å². The van der Waals surface area contributed by atoms with E-state index in [4.69, 9.17) is 0 Å². The van der Waals surface area contributed by atoms with Crippen LogP contribution >= 0.6 is 0 Å². The predicted molar refractivity (Wildman–Crippen MR) is 204 cm³/mol. The van der Waals surface area contributed by atoms with Crippen molar-refractivity contribution in [1.82, 2.24) is 5.32 Å². The van der Waals surface area contributed by atoms with Crippen LogP contribution in [0.1, 0.15) is 200 Å². The van der Waals surface area contributed by atoms with E-state index in [9.17, 15) is 28.0 Å². The van der Waals surface area contributed by atoms with E-state index in [1.54, 1.807) is 6.08 Å². The van der Waals surface area contributed by atoms with Gasteiger partial charge < -0.3 is 15.5 Å². The Morgan fingerprint density at radius 3 is 1.38 bits per heavy atom. The molecule has 4 N–H and O–H groups in total. The zero-order valence-corrected chi connectivity index (χ0v) is 32.0. The fraction of sp³-hybridized carbons (Fsp3) is 0.875. The number of rotatable bonds is 36. The largest absolute Gasteiger partial charge is 0.387 e. The van der Waals surface area contributed by atoms with Crippen molar-refractivity contribution in [2.24, 2.45) is 0 Å². The Labute approximate surface area is 297 Å². The topological polar surface area (TPSA) is 124 Å². The molecule has 0 radical (unpaired) electrons. The van der Waals surface area contributed by atoms with E-state index >= 15 is 0 Å². The molecule has 0 aromatic heterocycles. The minimum absolute atomic E-state index is 0.266. The van der Waals surface area contributed by atoms with Gasteiger partial charge >= 0.3 is 0 Å². The first-order chi connectivity index (χ1) is 23.2. The molecule has 0 saturated carbocycles. The molecule has 1 amide bonds. The molecule has 0 aromatic rings. The molecule has 0 aromatic carbocycles. The Hall–Kier alpha value is -1.22. The van der Waals surface area contributed by atoms with E-state index in [-0.39, 0.29) is 6.42 Å². The van der Waals surface area contributed by atoms with Crippen LogP contribution in [0.2, 0.25) is 0 Å². The van der Waals surface area contributed by atoms with Gasteiger partial charge in [0.15, 0.2) is 0 Å². The van der Waals surface area contributed by atoms with Crippen molar-refractivity contribution < 1.29 is 28.0 Å². The van der Waals surface area contributed by atoms with Gasteiger partial charge in [-0.3, -0.25) is 9.35 Å². The highest BCUT2D eigenvalue weighted by Crippen LogP contribution is 2.15. The lowest BCUT2D eigenvalue weighted by molar-refractivity contribution is -0.130. The molecule has 0 bridgehead atoms. The lowest BCUT2D eigenvalue weighted by Crippen LogP contribution is -2.50. The summed E-state index contributed by atoms with van der Waals surface area (Å²) in [5, 5.41) is 23.3. The molecule has 0 spiro atoms. The number of aliphatic hydroxyl groups excluding tert-OH is 2. The summed E-state index contributed by atoms with van der Waals surface area (Å²) >= 11 is 0. The van der Waals surface area contributed by atoms with E-state index in [0.29, 0.717) is 6.42 Å². The molecule has 0 aliphatic carbocycles. The second-order valence-corrected chi connectivity index (χ2v) is 15.6. The van der Waals surface area contributed by atoms with Crippen LogP contribution in [0.15, 0.2) is 24.3 Å². The fourth-order valence-electron chi connectivity index (χ4n) is 6.08. The Balaban J connectivity index is 3.98. The second-order valence-electron chi connectivity index (χ2n) is 14.1. The normalized spacial score (nSPS) is 14.2. The molecule has 0 saturated heterocycles.